The van der Waals surface area contributed by atoms with E-state index in [1.54, 1.807) is 19.2 Å². The van der Waals surface area contributed by atoms with Crippen LogP contribution >= 0.6 is 0 Å². The van der Waals surface area contributed by atoms with E-state index in [4.69, 9.17) is 4.74 Å². The predicted molar refractivity (Wildman–Crippen MR) is 136 cm³/mol. The molecule has 0 bridgehead atoms. The summed E-state index contributed by atoms with van der Waals surface area (Å²) in [5.74, 6) is 0.245. The molecule has 0 spiro atoms. The van der Waals surface area contributed by atoms with Crippen molar-refractivity contribution < 1.29 is 27.8 Å². The molecule has 1 aliphatic carbocycles. The van der Waals surface area contributed by atoms with E-state index in [2.05, 4.69) is 15.0 Å². The summed E-state index contributed by atoms with van der Waals surface area (Å²) in [6.07, 6.45) is 6.26. The molecule has 5 nitrogen and oxygen atoms in total. The minimum Gasteiger partial charge on any atom is -0.405 e. The van der Waals surface area contributed by atoms with Crippen LogP contribution in [-0.2, 0) is 10.3 Å². The van der Waals surface area contributed by atoms with Crippen LogP contribution in [0.2, 0.25) is 0 Å². The molecule has 1 aromatic carbocycles. The highest BCUT2D eigenvalue weighted by molar-refractivity contribution is 5.39. The van der Waals surface area contributed by atoms with Crippen molar-refractivity contribution >= 4 is 0 Å². The highest BCUT2D eigenvalue weighted by atomic mass is 19.4. The molecule has 2 N–H and O–H groups in total. The molecule has 2 aliphatic rings. The number of hydrogen-bond donors (Lipinski definition) is 2. The molecule has 8 heteroatoms. The Morgan fingerprint density at radius 2 is 1.83 bits per heavy atom. The fourth-order valence-corrected chi connectivity index (χ4v) is 6.37. The minimum atomic E-state index is -4.82. The maximum atomic E-state index is 13.2. The number of aliphatic hydroxyl groups is 1. The number of unbranched alkanes of at least 4 members (excludes halogenated alkanes) is 1. The number of para-hydroxylation sites is 1. The van der Waals surface area contributed by atoms with Crippen LogP contribution in [0.4, 0.5) is 13.2 Å². The fourth-order valence-electron chi connectivity index (χ4n) is 6.37. The summed E-state index contributed by atoms with van der Waals surface area (Å²) in [6.45, 7) is 3.05. The first-order valence-electron chi connectivity index (χ1n) is 13.7. The number of likely N-dealkylation sites (tertiary alicyclic amines) is 1. The minimum absolute atomic E-state index is 0.183. The second-order valence-corrected chi connectivity index (χ2v) is 10.7. The Labute approximate surface area is 214 Å². The fraction of sp³-hybridized carbons (Fsp3) is 0.786. The van der Waals surface area contributed by atoms with Gasteiger partial charge in [-0.2, -0.15) is 0 Å². The van der Waals surface area contributed by atoms with Crippen molar-refractivity contribution in [2.24, 2.45) is 11.8 Å². The molecular weight excluding hydrogens is 469 g/mol. The van der Waals surface area contributed by atoms with Gasteiger partial charge in [-0.15, -0.1) is 13.2 Å². The highest BCUT2D eigenvalue weighted by Gasteiger charge is 2.44. The van der Waals surface area contributed by atoms with Gasteiger partial charge in [-0.1, -0.05) is 50.3 Å². The van der Waals surface area contributed by atoms with Crippen molar-refractivity contribution in [3.8, 4) is 5.75 Å². The van der Waals surface area contributed by atoms with E-state index in [1.807, 2.05) is 7.05 Å². The van der Waals surface area contributed by atoms with Crippen molar-refractivity contribution in [2.75, 3.05) is 40.4 Å². The van der Waals surface area contributed by atoms with E-state index in [9.17, 15) is 18.3 Å². The smallest absolute Gasteiger partial charge is 0.405 e. The number of alkyl halides is 3. The van der Waals surface area contributed by atoms with Crippen LogP contribution < -0.4 is 10.1 Å². The van der Waals surface area contributed by atoms with Gasteiger partial charge in [0, 0.05) is 44.3 Å². The zero-order valence-corrected chi connectivity index (χ0v) is 22.0. The Morgan fingerprint density at radius 3 is 2.53 bits per heavy atom. The van der Waals surface area contributed by atoms with Gasteiger partial charge in [0.05, 0.1) is 5.60 Å². The molecule has 1 aliphatic heterocycles. The average Bonchev–Trinajstić information content (AvgIpc) is 2.86. The summed E-state index contributed by atoms with van der Waals surface area (Å²) in [5, 5.41) is 15.6. The number of ether oxygens (including phenoxy) is 2. The molecule has 1 heterocycles. The molecule has 2 fully saturated rings. The van der Waals surface area contributed by atoms with Crippen LogP contribution in [-0.4, -0.2) is 62.8 Å². The molecule has 1 saturated carbocycles. The van der Waals surface area contributed by atoms with Gasteiger partial charge in [-0.25, -0.2) is 0 Å². The molecule has 206 valence electrons. The third-order valence-electron chi connectivity index (χ3n) is 8.15. The van der Waals surface area contributed by atoms with Gasteiger partial charge in [-0.3, -0.25) is 4.90 Å². The number of piperidine rings is 1. The second-order valence-electron chi connectivity index (χ2n) is 10.7. The number of likely N-dealkylation sites (N-methyl/N-ethyl adjacent to an activating group) is 1. The van der Waals surface area contributed by atoms with Gasteiger partial charge in [0.25, 0.3) is 0 Å². The molecular formula is C28H45F3N2O3. The lowest BCUT2D eigenvalue weighted by Crippen LogP contribution is -2.52. The van der Waals surface area contributed by atoms with E-state index in [0.717, 1.165) is 44.7 Å². The standard InChI is InChI=1S/C28H45F3N2O3/c1-32-20-24(19-22-11-4-3-5-12-22)33-17-10-13-23(21-33)27(34,16-8-9-18-35-2)25-14-6-7-15-26(25)36-28(29,30)31/h6-7,14-15,22-24,32,34H,3-5,8-13,16-21H2,1-2H3/t23-,24?,27+/m1/s1. The third-order valence-corrected chi connectivity index (χ3v) is 8.15. The van der Waals surface area contributed by atoms with E-state index in [-0.39, 0.29) is 17.2 Å². The first-order valence-corrected chi connectivity index (χ1v) is 13.7. The number of hydrogen-bond acceptors (Lipinski definition) is 5. The van der Waals surface area contributed by atoms with Crippen LogP contribution in [0.1, 0.15) is 76.2 Å². The predicted octanol–water partition coefficient (Wildman–Crippen LogP) is 5.86. The number of nitrogens with zero attached hydrogens (tertiary/aromatic N) is 1. The van der Waals surface area contributed by atoms with E-state index >= 15 is 0 Å². The number of nitrogens with one attached hydrogen (secondary N) is 1. The van der Waals surface area contributed by atoms with E-state index in [1.165, 1.54) is 44.2 Å². The Balaban J connectivity index is 1.84. The average molecular weight is 515 g/mol. The van der Waals surface area contributed by atoms with Crippen LogP contribution in [0.15, 0.2) is 24.3 Å². The zero-order chi connectivity index (χ0) is 26.0. The lowest BCUT2D eigenvalue weighted by molar-refractivity contribution is -0.275. The Bertz CT molecular complexity index is 773. The highest BCUT2D eigenvalue weighted by Crippen LogP contribution is 2.45. The summed E-state index contributed by atoms with van der Waals surface area (Å²) in [4.78, 5) is 2.48. The molecule has 0 aromatic heterocycles. The largest absolute Gasteiger partial charge is 0.573 e. The van der Waals surface area contributed by atoms with Gasteiger partial charge < -0.3 is 19.9 Å². The zero-order valence-electron chi connectivity index (χ0n) is 22.0. The maximum Gasteiger partial charge on any atom is 0.573 e. The first kappa shape index (κ1) is 29.2. The van der Waals surface area contributed by atoms with E-state index in [0.29, 0.717) is 32.0 Å². The molecule has 36 heavy (non-hydrogen) atoms. The second kappa shape index (κ2) is 14.0. The molecule has 1 saturated heterocycles. The van der Waals surface area contributed by atoms with Gasteiger partial charge in [0.2, 0.25) is 0 Å². The summed E-state index contributed by atoms with van der Waals surface area (Å²) in [6, 6.07) is 6.49. The van der Waals surface area contributed by atoms with Crippen molar-refractivity contribution in [1.82, 2.24) is 10.2 Å². The van der Waals surface area contributed by atoms with Crippen LogP contribution in [0.25, 0.3) is 0 Å². The Morgan fingerprint density at radius 1 is 1.08 bits per heavy atom. The first-order chi connectivity index (χ1) is 17.3. The molecule has 0 radical (unpaired) electrons. The summed E-state index contributed by atoms with van der Waals surface area (Å²) in [5.41, 5.74) is -1.17. The lowest BCUT2D eigenvalue weighted by Gasteiger charge is -2.46. The Hall–Kier alpha value is -1.35. The van der Waals surface area contributed by atoms with Crippen molar-refractivity contribution in [3.63, 3.8) is 0 Å². The van der Waals surface area contributed by atoms with Gasteiger partial charge in [-0.05, 0) is 64.1 Å². The summed E-state index contributed by atoms with van der Waals surface area (Å²) < 4.78 is 49.3. The lowest BCUT2D eigenvalue weighted by atomic mass is 9.73. The quantitative estimate of drug-likeness (QED) is 0.323. The van der Waals surface area contributed by atoms with E-state index < -0.39 is 12.0 Å². The SMILES string of the molecule is CNCC(CC1CCCCC1)N1CCC[C@@H]([C@@](O)(CCCCOC)c2ccccc2OC(F)(F)F)C1. The van der Waals surface area contributed by atoms with Gasteiger partial charge >= 0.3 is 6.36 Å². The number of rotatable bonds is 13. The maximum absolute atomic E-state index is 13.2. The topological polar surface area (TPSA) is 54.0 Å². The van der Waals surface area contributed by atoms with Gasteiger partial charge in [0.15, 0.2) is 0 Å². The van der Waals surface area contributed by atoms with Crippen LogP contribution in [0, 0.1) is 11.8 Å². The van der Waals surface area contributed by atoms with Crippen molar-refractivity contribution in [3.05, 3.63) is 29.8 Å². The van der Waals surface area contributed by atoms with Crippen LogP contribution in [0.3, 0.4) is 0 Å². The monoisotopic (exact) mass is 514 g/mol. The molecule has 1 unspecified atom stereocenters. The number of methoxy groups -OCH3 is 1. The molecule has 3 rings (SSSR count). The summed E-state index contributed by atoms with van der Waals surface area (Å²) >= 11 is 0. The number of benzene rings is 1. The Kier molecular flexibility index (Phi) is 11.3. The molecule has 0 amide bonds. The van der Waals surface area contributed by atoms with Crippen molar-refractivity contribution in [2.45, 2.75) is 88.6 Å². The molecule has 3 atom stereocenters. The van der Waals surface area contributed by atoms with Crippen molar-refractivity contribution in [1.29, 1.82) is 0 Å². The third kappa shape index (κ3) is 8.33. The number of halogens is 3. The summed E-state index contributed by atoms with van der Waals surface area (Å²) in [7, 11) is 3.61. The molecule has 1 aromatic rings. The van der Waals surface area contributed by atoms with Crippen LogP contribution in [0.5, 0.6) is 5.75 Å². The van der Waals surface area contributed by atoms with Gasteiger partial charge in [0.1, 0.15) is 5.75 Å². The normalized spacial score (nSPS) is 22.8.